The molecule has 0 aromatic heterocycles. The van der Waals surface area contributed by atoms with E-state index in [2.05, 4.69) is 4.90 Å². The van der Waals surface area contributed by atoms with E-state index in [9.17, 15) is 9.59 Å². The number of benzene rings is 2. The van der Waals surface area contributed by atoms with Crippen molar-refractivity contribution in [1.29, 1.82) is 0 Å². The fourth-order valence-electron chi connectivity index (χ4n) is 4.86. The van der Waals surface area contributed by atoms with E-state index in [1.54, 1.807) is 17.0 Å². The molecule has 1 atom stereocenters. The van der Waals surface area contributed by atoms with Gasteiger partial charge in [-0.05, 0) is 36.6 Å². The first-order valence-electron chi connectivity index (χ1n) is 12.9. The van der Waals surface area contributed by atoms with Gasteiger partial charge in [-0.25, -0.2) is 5.01 Å². The Balaban J connectivity index is 1.37. The van der Waals surface area contributed by atoms with Gasteiger partial charge in [0.25, 0.3) is 5.91 Å². The Morgan fingerprint density at radius 1 is 1.11 bits per heavy atom. The zero-order valence-corrected chi connectivity index (χ0v) is 21.9. The summed E-state index contributed by atoms with van der Waals surface area (Å²) in [5.74, 6) is 0.655. The molecule has 2 fully saturated rings. The van der Waals surface area contributed by atoms with Crippen molar-refractivity contribution in [1.82, 2.24) is 14.8 Å². The van der Waals surface area contributed by atoms with Crippen molar-refractivity contribution < 1.29 is 19.1 Å². The van der Waals surface area contributed by atoms with Crippen molar-refractivity contribution >= 4 is 29.1 Å². The molecule has 1 saturated carbocycles. The summed E-state index contributed by atoms with van der Waals surface area (Å²) in [5, 5.41) is 6.90. The van der Waals surface area contributed by atoms with Crippen LogP contribution in [0, 0.1) is 5.92 Å². The molecule has 0 radical (unpaired) electrons. The summed E-state index contributed by atoms with van der Waals surface area (Å²) < 4.78 is 10.8. The summed E-state index contributed by atoms with van der Waals surface area (Å²) in [6.07, 6.45) is 2.33. The lowest BCUT2D eigenvalue weighted by Gasteiger charge is -2.31. The highest BCUT2D eigenvalue weighted by Crippen LogP contribution is 2.36. The number of rotatable bonds is 9. The molecular weight excluding hydrogens is 492 g/mol. The van der Waals surface area contributed by atoms with Crippen LogP contribution >= 0.6 is 11.6 Å². The Bertz CT molecular complexity index is 1150. The Morgan fingerprint density at radius 3 is 2.51 bits per heavy atom. The van der Waals surface area contributed by atoms with Gasteiger partial charge in [0, 0.05) is 49.1 Å². The Morgan fingerprint density at radius 2 is 1.84 bits per heavy atom. The first-order chi connectivity index (χ1) is 18.0. The fourth-order valence-corrected chi connectivity index (χ4v) is 5.11. The number of halogens is 1. The van der Waals surface area contributed by atoms with Crippen LogP contribution in [-0.4, -0.2) is 85.4 Å². The third-order valence-corrected chi connectivity index (χ3v) is 7.54. The zero-order valence-electron chi connectivity index (χ0n) is 21.1. The van der Waals surface area contributed by atoms with Crippen LogP contribution in [-0.2, 0) is 14.3 Å². The molecule has 0 spiro atoms. The first-order valence-corrected chi connectivity index (χ1v) is 13.3. The smallest absolute Gasteiger partial charge is 0.262 e. The topological polar surface area (TPSA) is 74.7 Å². The molecule has 37 heavy (non-hydrogen) atoms. The minimum Gasteiger partial charge on any atom is -0.497 e. The lowest BCUT2D eigenvalue weighted by molar-refractivity contribution is -0.142. The Kier molecular flexibility index (Phi) is 8.08. The summed E-state index contributed by atoms with van der Waals surface area (Å²) in [4.78, 5) is 30.9. The molecule has 1 saturated heterocycles. The largest absolute Gasteiger partial charge is 0.497 e. The molecule has 0 bridgehead atoms. The van der Waals surface area contributed by atoms with Gasteiger partial charge in [0.15, 0.2) is 0 Å². The molecule has 0 N–H and O–H groups in total. The van der Waals surface area contributed by atoms with Gasteiger partial charge in [0.2, 0.25) is 5.91 Å². The summed E-state index contributed by atoms with van der Waals surface area (Å²) >= 11 is 6.48. The number of carbonyl (C=O) groups excluding carboxylic acids is 2. The third-order valence-electron chi connectivity index (χ3n) is 7.21. The predicted molar refractivity (Wildman–Crippen MR) is 142 cm³/mol. The van der Waals surface area contributed by atoms with Crippen LogP contribution < -0.4 is 4.74 Å². The molecule has 2 amide bonds. The zero-order chi connectivity index (χ0) is 25.8. The number of ether oxygens (including phenoxy) is 2. The number of hydrogen-bond donors (Lipinski definition) is 0. The monoisotopic (exact) mass is 524 g/mol. The van der Waals surface area contributed by atoms with Gasteiger partial charge in [-0.3, -0.25) is 14.5 Å². The average Bonchev–Trinajstić information content (AvgIpc) is 3.69. The number of amides is 2. The minimum atomic E-state index is -0.290. The van der Waals surface area contributed by atoms with Crippen molar-refractivity contribution in [3.8, 4) is 5.75 Å². The van der Waals surface area contributed by atoms with E-state index < -0.39 is 0 Å². The van der Waals surface area contributed by atoms with Gasteiger partial charge >= 0.3 is 0 Å². The average molecular weight is 525 g/mol. The standard InChI is InChI=1S/C28H33ClN4O4/c1-36-22-10-8-20(9-11-22)26-18-25(23-4-2-3-5-24(23)29)30-33(26)27(34)19-32(28(35)21-6-7-21)13-12-31-14-16-37-17-15-31/h2-5,8-11,21,26H,6-7,12-19H2,1H3/t26-/m0/s1. The summed E-state index contributed by atoms with van der Waals surface area (Å²) in [7, 11) is 1.63. The number of carbonyl (C=O) groups is 2. The molecule has 196 valence electrons. The molecule has 2 aromatic rings. The summed E-state index contributed by atoms with van der Waals surface area (Å²) in [6.45, 7) is 4.34. The molecule has 8 nitrogen and oxygen atoms in total. The van der Waals surface area contributed by atoms with Gasteiger partial charge in [-0.15, -0.1) is 0 Å². The van der Waals surface area contributed by atoms with E-state index in [1.165, 1.54) is 0 Å². The van der Waals surface area contributed by atoms with E-state index >= 15 is 0 Å². The first kappa shape index (κ1) is 25.7. The number of hydrogen-bond acceptors (Lipinski definition) is 6. The molecule has 2 aliphatic heterocycles. The fraction of sp³-hybridized carbons (Fsp3) is 0.464. The molecule has 3 aliphatic rings. The summed E-state index contributed by atoms with van der Waals surface area (Å²) in [6, 6.07) is 14.9. The van der Waals surface area contributed by atoms with E-state index in [4.69, 9.17) is 26.2 Å². The highest BCUT2D eigenvalue weighted by Gasteiger charge is 2.38. The minimum absolute atomic E-state index is 0.00559. The SMILES string of the molecule is COc1ccc([C@@H]2CC(c3ccccc3Cl)=NN2C(=O)CN(CCN2CCOCC2)C(=O)C2CC2)cc1. The highest BCUT2D eigenvalue weighted by molar-refractivity contribution is 6.34. The van der Waals surface area contributed by atoms with Gasteiger partial charge in [-0.1, -0.05) is 41.9 Å². The van der Waals surface area contributed by atoms with Crippen molar-refractivity contribution in [3.05, 3.63) is 64.7 Å². The van der Waals surface area contributed by atoms with Crippen molar-refractivity contribution in [3.63, 3.8) is 0 Å². The van der Waals surface area contributed by atoms with Gasteiger partial charge in [0.1, 0.15) is 12.3 Å². The van der Waals surface area contributed by atoms with Crippen molar-refractivity contribution in [2.24, 2.45) is 11.0 Å². The molecule has 0 unspecified atom stereocenters. The van der Waals surface area contributed by atoms with Gasteiger partial charge in [0.05, 0.1) is 32.1 Å². The maximum Gasteiger partial charge on any atom is 0.262 e. The summed E-state index contributed by atoms with van der Waals surface area (Å²) in [5.41, 5.74) is 2.53. The van der Waals surface area contributed by atoms with E-state index in [1.807, 2.05) is 48.5 Å². The van der Waals surface area contributed by atoms with Crippen LogP contribution in [0.3, 0.4) is 0 Å². The molecular formula is C28H33ClN4O4. The van der Waals surface area contributed by atoms with E-state index in [0.29, 0.717) is 31.2 Å². The van der Waals surface area contributed by atoms with Gasteiger partial charge in [-0.2, -0.15) is 5.10 Å². The second-order valence-corrected chi connectivity index (χ2v) is 10.2. The normalized spacial score (nSPS) is 20.0. The molecule has 9 heteroatoms. The quantitative estimate of drug-likeness (QED) is 0.501. The maximum atomic E-state index is 13.8. The van der Waals surface area contributed by atoms with Crippen LogP contribution in [0.5, 0.6) is 5.75 Å². The van der Waals surface area contributed by atoms with Crippen LogP contribution in [0.4, 0.5) is 0 Å². The van der Waals surface area contributed by atoms with Crippen LogP contribution in [0.2, 0.25) is 5.02 Å². The Labute approximate surface area is 222 Å². The van der Waals surface area contributed by atoms with Crippen LogP contribution in [0.25, 0.3) is 0 Å². The van der Waals surface area contributed by atoms with E-state index in [0.717, 1.165) is 55.1 Å². The second kappa shape index (κ2) is 11.6. The third kappa shape index (κ3) is 6.14. The lowest BCUT2D eigenvalue weighted by Crippen LogP contribution is -2.47. The molecule has 5 rings (SSSR count). The maximum absolute atomic E-state index is 13.8. The number of methoxy groups -OCH3 is 1. The number of hydrazone groups is 1. The van der Waals surface area contributed by atoms with Crippen LogP contribution in [0.1, 0.15) is 36.4 Å². The Hall–Kier alpha value is -2.94. The molecule has 2 heterocycles. The van der Waals surface area contributed by atoms with Crippen molar-refractivity contribution in [2.45, 2.75) is 25.3 Å². The highest BCUT2D eigenvalue weighted by atomic mass is 35.5. The van der Waals surface area contributed by atoms with Crippen molar-refractivity contribution in [2.75, 3.05) is 53.0 Å². The lowest BCUT2D eigenvalue weighted by atomic mass is 9.98. The number of nitrogens with zero attached hydrogens (tertiary/aromatic N) is 4. The number of morpholine rings is 1. The van der Waals surface area contributed by atoms with Crippen LogP contribution in [0.15, 0.2) is 53.6 Å². The molecule has 1 aliphatic carbocycles. The molecule has 2 aromatic carbocycles. The van der Waals surface area contributed by atoms with Gasteiger partial charge < -0.3 is 14.4 Å². The van der Waals surface area contributed by atoms with E-state index in [-0.39, 0.29) is 30.3 Å². The predicted octanol–water partition coefficient (Wildman–Crippen LogP) is 3.60. The second-order valence-electron chi connectivity index (χ2n) is 9.75.